The Bertz CT molecular complexity index is 716. The predicted octanol–water partition coefficient (Wildman–Crippen LogP) is 4.95. The average Bonchev–Trinajstić information content (AvgIpc) is 2.79. The molecule has 134 valence electrons. The number of nitrogens with zero attached hydrogens (tertiary/aromatic N) is 2. The van der Waals surface area contributed by atoms with E-state index in [0.717, 1.165) is 5.29 Å². The highest BCUT2D eigenvalue weighted by atomic mass is 35.5. The molecule has 2 atom stereocenters. The van der Waals surface area contributed by atoms with Gasteiger partial charge in [0.05, 0.1) is 14.1 Å². The van der Waals surface area contributed by atoms with E-state index in [9.17, 15) is 17.3 Å². The predicted molar refractivity (Wildman–Crippen MR) is 93.4 cm³/mol. The lowest BCUT2D eigenvalue weighted by molar-refractivity contribution is -0.536. The molecule has 8 heteroatoms. The fourth-order valence-electron chi connectivity index (χ4n) is 3.01. The maximum Gasteiger partial charge on any atom is 0.673 e. The fourth-order valence-corrected chi connectivity index (χ4v) is 3.22. The summed E-state index contributed by atoms with van der Waals surface area (Å²) in [5, 5.41) is 0.785. The van der Waals surface area contributed by atoms with Crippen LogP contribution >= 0.6 is 11.6 Å². The van der Waals surface area contributed by atoms with Gasteiger partial charge in [0.15, 0.2) is 12.1 Å². The van der Waals surface area contributed by atoms with Crippen molar-refractivity contribution in [2.45, 2.75) is 12.1 Å². The standard InChI is InChI=1S/C17H18ClN2.BF4/c1-19-15(13-9-5-3-6-10-13)16(20(2)17(19)18)14-11-7-4-8-12-14;2-1(3,4)5/h3-12,15-16H,1-2H3;/q+1;-1. The summed E-state index contributed by atoms with van der Waals surface area (Å²) in [5.74, 6) is 0. The summed E-state index contributed by atoms with van der Waals surface area (Å²) in [6.45, 7) is 0. The Hall–Kier alpha value is -2.02. The molecule has 0 saturated heterocycles. The van der Waals surface area contributed by atoms with Crippen LogP contribution in [0.15, 0.2) is 60.7 Å². The van der Waals surface area contributed by atoms with Crippen LogP contribution in [0, 0.1) is 0 Å². The van der Waals surface area contributed by atoms with Crippen LogP contribution in [-0.2, 0) is 0 Å². The highest BCUT2D eigenvalue weighted by Gasteiger charge is 2.45. The summed E-state index contributed by atoms with van der Waals surface area (Å²) in [5.41, 5.74) is 2.57. The van der Waals surface area contributed by atoms with E-state index in [4.69, 9.17) is 11.6 Å². The van der Waals surface area contributed by atoms with E-state index in [0.29, 0.717) is 0 Å². The molecule has 0 bridgehead atoms. The Balaban J connectivity index is 0.000000399. The van der Waals surface area contributed by atoms with Crippen molar-refractivity contribution in [2.24, 2.45) is 0 Å². The minimum atomic E-state index is -6.00. The van der Waals surface area contributed by atoms with Crippen LogP contribution in [0.25, 0.3) is 0 Å². The zero-order valence-electron chi connectivity index (χ0n) is 13.8. The summed E-state index contributed by atoms with van der Waals surface area (Å²) in [6.07, 6.45) is 0. The molecule has 0 saturated carbocycles. The lowest BCUT2D eigenvalue weighted by Crippen LogP contribution is -2.24. The van der Waals surface area contributed by atoms with Crippen molar-refractivity contribution in [2.75, 3.05) is 14.1 Å². The molecule has 1 aliphatic rings. The second-order valence-electron chi connectivity index (χ2n) is 5.70. The Morgan fingerprint density at radius 2 is 1.28 bits per heavy atom. The van der Waals surface area contributed by atoms with Gasteiger partial charge < -0.3 is 17.3 Å². The van der Waals surface area contributed by atoms with E-state index in [2.05, 4.69) is 72.1 Å². The van der Waals surface area contributed by atoms with E-state index >= 15 is 0 Å². The average molecular weight is 373 g/mol. The molecule has 25 heavy (non-hydrogen) atoms. The van der Waals surface area contributed by atoms with Crippen LogP contribution in [0.4, 0.5) is 17.3 Å². The molecule has 2 nitrogen and oxygen atoms in total. The lowest BCUT2D eigenvalue weighted by atomic mass is 9.93. The summed E-state index contributed by atoms with van der Waals surface area (Å²) in [4.78, 5) is 2.15. The number of benzene rings is 2. The SMILES string of the molecule is CN1C(Cl)=[N+](C)C(c2ccccc2)C1c1ccccc1.F[B-](F)(F)F. The van der Waals surface area contributed by atoms with Crippen molar-refractivity contribution in [1.29, 1.82) is 0 Å². The maximum atomic E-state index is 9.75. The Kier molecular flexibility index (Phi) is 6.11. The monoisotopic (exact) mass is 372 g/mol. The first-order valence-corrected chi connectivity index (χ1v) is 8.03. The molecular weight excluding hydrogens is 354 g/mol. The second kappa shape index (κ2) is 7.91. The van der Waals surface area contributed by atoms with Gasteiger partial charge in [0.2, 0.25) is 0 Å². The molecule has 2 aromatic carbocycles. The zero-order valence-corrected chi connectivity index (χ0v) is 14.5. The van der Waals surface area contributed by atoms with Crippen LogP contribution in [0.5, 0.6) is 0 Å². The first-order chi connectivity index (χ1) is 11.7. The third-order valence-electron chi connectivity index (χ3n) is 4.00. The Morgan fingerprint density at radius 3 is 1.72 bits per heavy atom. The van der Waals surface area contributed by atoms with Crippen LogP contribution < -0.4 is 0 Å². The van der Waals surface area contributed by atoms with Crippen molar-refractivity contribution in [3.8, 4) is 0 Å². The molecule has 0 fully saturated rings. The molecular formula is C17H18BClF4N2. The van der Waals surface area contributed by atoms with Crippen LogP contribution in [-0.4, -0.2) is 36.1 Å². The van der Waals surface area contributed by atoms with Crippen molar-refractivity contribution in [1.82, 2.24) is 4.90 Å². The van der Waals surface area contributed by atoms with Gasteiger partial charge >= 0.3 is 12.5 Å². The van der Waals surface area contributed by atoms with Gasteiger partial charge in [0.25, 0.3) is 0 Å². The molecule has 0 amide bonds. The van der Waals surface area contributed by atoms with Crippen molar-refractivity contribution in [3.05, 3.63) is 71.8 Å². The third kappa shape index (κ3) is 4.98. The number of hydrogen-bond acceptors (Lipinski definition) is 1. The quantitative estimate of drug-likeness (QED) is 0.313. The van der Waals surface area contributed by atoms with Gasteiger partial charge in [-0.3, -0.25) is 0 Å². The Labute approximate surface area is 149 Å². The molecule has 1 aliphatic heterocycles. The third-order valence-corrected chi connectivity index (χ3v) is 4.53. The van der Waals surface area contributed by atoms with Crippen LogP contribution in [0.2, 0.25) is 0 Å². The number of hydrogen-bond donors (Lipinski definition) is 0. The molecule has 0 aromatic heterocycles. The summed E-state index contributed by atoms with van der Waals surface area (Å²) in [7, 11) is -1.89. The van der Waals surface area contributed by atoms with Gasteiger partial charge in [-0.1, -0.05) is 60.7 Å². The minimum Gasteiger partial charge on any atom is -0.418 e. The first kappa shape index (κ1) is 19.3. The van der Waals surface area contributed by atoms with Crippen molar-refractivity contribution < 1.29 is 21.8 Å². The molecule has 2 unspecified atom stereocenters. The summed E-state index contributed by atoms with van der Waals surface area (Å²) >= 11 is 6.47. The van der Waals surface area contributed by atoms with Crippen molar-refractivity contribution in [3.63, 3.8) is 0 Å². The van der Waals surface area contributed by atoms with Gasteiger partial charge in [-0.05, 0) is 0 Å². The molecule has 2 aromatic rings. The number of halogens is 5. The highest BCUT2D eigenvalue weighted by Crippen LogP contribution is 2.40. The fraction of sp³-hybridized carbons (Fsp3) is 0.235. The normalized spacial score (nSPS) is 20.4. The second-order valence-corrected chi connectivity index (χ2v) is 6.03. The minimum absolute atomic E-state index is 0.232. The molecule has 1 heterocycles. The summed E-state index contributed by atoms with van der Waals surface area (Å²) < 4.78 is 41.1. The van der Waals surface area contributed by atoms with Gasteiger partial charge in [-0.25, -0.2) is 9.48 Å². The van der Waals surface area contributed by atoms with Gasteiger partial charge in [-0.2, -0.15) is 0 Å². The molecule has 0 aliphatic carbocycles. The van der Waals surface area contributed by atoms with Crippen LogP contribution in [0.3, 0.4) is 0 Å². The first-order valence-electron chi connectivity index (χ1n) is 7.65. The van der Waals surface area contributed by atoms with E-state index in [1.54, 1.807) is 0 Å². The molecule has 0 N–H and O–H groups in total. The molecule has 3 rings (SSSR count). The number of likely N-dealkylation sites (N-methyl/N-ethyl adjacent to an activating group) is 2. The molecule has 0 radical (unpaired) electrons. The van der Waals surface area contributed by atoms with Gasteiger partial charge in [0.1, 0.15) is 0 Å². The van der Waals surface area contributed by atoms with Crippen molar-refractivity contribution >= 4 is 24.2 Å². The zero-order chi connectivity index (χ0) is 18.6. The van der Waals surface area contributed by atoms with E-state index < -0.39 is 7.25 Å². The van der Waals surface area contributed by atoms with E-state index in [1.807, 2.05) is 12.1 Å². The summed E-state index contributed by atoms with van der Waals surface area (Å²) in [6, 6.07) is 21.5. The molecule has 0 spiro atoms. The van der Waals surface area contributed by atoms with Crippen LogP contribution in [0.1, 0.15) is 23.2 Å². The van der Waals surface area contributed by atoms with E-state index in [-0.39, 0.29) is 12.1 Å². The highest BCUT2D eigenvalue weighted by molar-refractivity contribution is 6.63. The van der Waals surface area contributed by atoms with E-state index in [1.165, 1.54) is 11.1 Å². The lowest BCUT2D eigenvalue weighted by Gasteiger charge is -2.21. The number of rotatable bonds is 2. The topological polar surface area (TPSA) is 6.25 Å². The largest absolute Gasteiger partial charge is 0.673 e. The Morgan fingerprint density at radius 1 is 0.880 bits per heavy atom. The van der Waals surface area contributed by atoms with Gasteiger partial charge in [0, 0.05) is 22.7 Å². The van der Waals surface area contributed by atoms with Gasteiger partial charge in [-0.15, -0.1) is 0 Å². The smallest absolute Gasteiger partial charge is 0.418 e. The number of amidine groups is 1. The maximum absolute atomic E-state index is 9.75.